The molecular weight excluding hydrogens is 406 g/mol. The van der Waals surface area contributed by atoms with E-state index in [-0.39, 0.29) is 34.4 Å². The number of carbonyl (C=O) groups is 2. The summed E-state index contributed by atoms with van der Waals surface area (Å²) < 4.78 is 52.0. The molecule has 0 atom stereocenters. The average Bonchev–Trinajstić information content (AvgIpc) is 2.89. The van der Waals surface area contributed by atoms with Crippen molar-refractivity contribution < 1.29 is 26.4 Å². The van der Waals surface area contributed by atoms with Gasteiger partial charge in [-0.1, -0.05) is 0 Å². The summed E-state index contributed by atoms with van der Waals surface area (Å²) >= 11 is 0. The highest BCUT2D eigenvalue weighted by Crippen LogP contribution is 2.27. The summed E-state index contributed by atoms with van der Waals surface area (Å²) in [7, 11) is -7.63. The summed E-state index contributed by atoms with van der Waals surface area (Å²) in [6.07, 6.45) is -0.0988. The van der Waals surface area contributed by atoms with Crippen molar-refractivity contribution in [1.29, 1.82) is 0 Å². The zero-order chi connectivity index (χ0) is 20.5. The first kappa shape index (κ1) is 19.8. The molecule has 148 valence electrons. The fourth-order valence-electron chi connectivity index (χ4n) is 2.67. The lowest BCUT2D eigenvalue weighted by Crippen LogP contribution is -2.29. The van der Waals surface area contributed by atoms with Crippen LogP contribution in [0.25, 0.3) is 0 Å². The van der Waals surface area contributed by atoms with Gasteiger partial charge in [0.15, 0.2) is 0 Å². The van der Waals surface area contributed by atoms with Crippen LogP contribution >= 0.6 is 0 Å². The Balaban J connectivity index is 1.79. The zero-order valence-electron chi connectivity index (χ0n) is 14.7. The molecule has 3 rings (SSSR count). The number of nitrogens with zero attached hydrogens (tertiary/aromatic N) is 1. The van der Waals surface area contributed by atoms with E-state index in [1.807, 2.05) is 0 Å². The summed E-state index contributed by atoms with van der Waals surface area (Å²) in [6.45, 7) is 1.36. The number of anilines is 3. The van der Waals surface area contributed by atoms with Crippen molar-refractivity contribution >= 4 is 48.9 Å². The zero-order valence-corrected chi connectivity index (χ0v) is 16.4. The molecule has 9 nitrogen and oxygen atoms in total. The monoisotopic (exact) mass is 423 g/mol. The van der Waals surface area contributed by atoms with Crippen LogP contribution in [0.3, 0.4) is 0 Å². The van der Waals surface area contributed by atoms with Crippen LogP contribution in [0.5, 0.6) is 0 Å². The molecule has 0 radical (unpaired) electrons. The molecule has 28 heavy (non-hydrogen) atoms. The van der Waals surface area contributed by atoms with Crippen molar-refractivity contribution in [3.63, 3.8) is 0 Å². The second kappa shape index (κ2) is 7.24. The normalized spacial score (nSPS) is 16.0. The van der Waals surface area contributed by atoms with Crippen molar-refractivity contribution in [2.75, 3.05) is 20.1 Å². The third-order valence-corrected chi connectivity index (χ3v) is 7.01. The summed E-state index contributed by atoms with van der Waals surface area (Å²) in [6, 6.07) is 11.1. The molecule has 1 heterocycles. The number of benzene rings is 2. The molecule has 1 saturated heterocycles. The molecule has 0 spiro atoms. The molecule has 2 aromatic carbocycles. The van der Waals surface area contributed by atoms with E-state index < -0.39 is 26.0 Å². The third kappa shape index (κ3) is 4.15. The van der Waals surface area contributed by atoms with Gasteiger partial charge in [-0.2, -0.15) is 0 Å². The first-order valence-electron chi connectivity index (χ1n) is 8.15. The van der Waals surface area contributed by atoms with Crippen molar-refractivity contribution in [3.8, 4) is 0 Å². The summed E-state index contributed by atoms with van der Waals surface area (Å²) in [5.74, 6) is -1.05. The number of carbonyl (C=O) groups excluding carboxylic acids is 2. The van der Waals surface area contributed by atoms with Gasteiger partial charge in [-0.05, 0) is 48.5 Å². The number of amides is 2. The summed E-state index contributed by atoms with van der Waals surface area (Å²) in [5, 5.41) is 2.57. The lowest BCUT2D eigenvalue weighted by molar-refractivity contribution is -0.116. The predicted molar refractivity (Wildman–Crippen MR) is 104 cm³/mol. The molecule has 1 aliphatic rings. The molecule has 11 heteroatoms. The summed E-state index contributed by atoms with van der Waals surface area (Å²) in [4.78, 5) is 22.7. The number of sulfonamides is 2. The van der Waals surface area contributed by atoms with Crippen molar-refractivity contribution in [1.82, 2.24) is 0 Å². The van der Waals surface area contributed by atoms with Gasteiger partial charge in [-0.3, -0.25) is 14.3 Å². The number of hydrogen-bond acceptors (Lipinski definition) is 6. The van der Waals surface area contributed by atoms with Crippen molar-refractivity contribution in [2.45, 2.75) is 18.2 Å². The van der Waals surface area contributed by atoms with Crippen LogP contribution in [0.2, 0.25) is 0 Å². The maximum Gasteiger partial charge on any atom is 0.261 e. The Morgan fingerprint density at radius 2 is 1.57 bits per heavy atom. The van der Waals surface area contributed by atoms with Crippen LogP contribution in [0, 0.1) is 0 Å². The molecule has 2 aromatic rings. The van der Waals surface area contributed by atoms with E-state index in [9.17, 15) is 26.4 Å². The second-order valence-corrected chi connectivity index (χ2v) is 9.70. The maximum absolute atomic E-state index is 12.5. The van der Waals surface area contributed by atoms with Gasteiger partial charge >= 0.3 is 0 Å². The molecule has 1 fully saturated rings. The van der Waals surface area contributed by atoms with E-state index in [0.29, 0.717) is 9.99 Å². The highest BCUT2D eigenvalue weighted by molar-refractivity contribution is 7.94. The number of rotatable bonds is 5. The van der Waals surface area contributed by atoms with Gasteiger partial charge in [0.25, 0.3) is 10.0 Å². The van der Waals surface area contributed by atoms with Crippen LogP contribution in [0.1, 0.15) is 13.3 Å². The Labute approximate surface area is 162 Å². The molecule has 0 aliphatic carbocycles. The van der Waals surface area contributed by atoms with Gasteiger partial charge in [-0.25, -0.2) is 21.1 Å². The highest BCUT2D eigenvalue weighted by Gasteiger charge is 2.36. The van der Waals surface area contributed by atoms with Gasteiger partial charge < -0.3 is 5.32 Å². The Hall–Kier alpha value is -2.92. The van der Waals surface area contributed by atoms with Crippen LogP contribution in [-0.4, -0.2) is 34.4 Å². The van der Waals surface area contributed by atoms with Crippen molar-refractivity contribution in [2.24, 2.45) is 0 Å². The molecule has 2 amide bonds. The van der Waals surface area contributed by atoms with E-state index in [1.165, 1.54) is 43.3 Å². The SMILES string of the molecule is CC(=O)Nc1ccc(NS(=O)(=O)c2ccc(N3C(=O)CCS3(=O)=O)cc2)cc1. The Morgan fingerprint density at radius 3 is 2.07 bits per heavy atom. The molecule has 0 bridgehead atoms. The largest absolute Gasteiger partial charge is 0.326 e. The number of nitrogens with one attached hydrogen (secondary N) is 2. The highest BCUT2D eigenvalue weighted by atomic mass is 32.2. The minimum absolute atomic E-state index is 0.0915. The van der Waals surface area contributed by atoms with Gasteiger partial charge in [0.1, 0.15) is 0 Å². The minimum Gasteiger partial charge on any atom is -0.326 e. The molecule has 0 aromatic heterocycles. The molecule has 0 saturated carbocycles. The van der Waals surface area contributed by atoms with Crippen LogP contribution < -0.4 is 14.3 Å². The summed E-state index contributed by atoms with van der Waals surface area (Å²) in [5.41, 5.74) is 0.910. The Kier molecular flexibility index (Phi) is 5.13. The Morgan fingerprint density at radius 1 is 1.00 bits per heavy atom. The smallest absolute Gasteiger partial charge is 0.261 e. The third-order valence-electron chi connectivity index (χ3n) is 3.92. The molecule has 2 N–H and O–H groups in total. The van der Waals surface area contributed by atoms with E-state index >= 15 is 0 Å². The fourth-order valence-corrected chi connectivity index (χ4v) is 5.19. The van der Waals surface area contributed by atoms with Crippen LogP contribution in [0.4, 0.5) is 17.1 Å². The fraction of sp³-hybridized carbons (Fsp3) is 0.176. The van der Waals surface area contributed by atoms with Gasteiger partial charge in [0, 0.05) is 24.7 Å². The van der Waals surface area contributed by atoms with E-state index in [1.54, 1.807) is 12.1 Å². The van der Waals surface area contributed by atoms with E-state index in [0.717, 1.165) is 0 Å². The minimum atomic E-state index is -3.92. The van der Waals surface area contributed by atoms with E-state index in [4.69, 9.17) is 0 Å². The number of hydrogen-bond donors (Lipinski definition) is 2. The quantitative estimate of drug-likeness (QED) is 0.750. The van der Waals surface area contributed by atoms with Crippen molar-refractivity contribution in [3.05, 3.63) is 48.5 Å². The van der Waals surface area contributed by atoms with Gasteiger partial charge in [0.2, 0.25) is 21.8 Å². The molecule has 1 aliphatic heterocycles. The standard InChI is InChI=1S/C17H17N3O6S2/c1-12(21)18-13-2-4-14(5-3-13)19-28(25,26)16-8-6-15(7-9-16)20-17(22)10-11-27(20,23)24/h2-9,19H,10-11H2,1H3,(H,18,21). The van der Waals surface area contributed by atoms with Crippen LogP contribution in [-0.2, 0) is 29.6 Å². The topological polar surface area (TPSA) is 130 Å². The lowest BCUT2D eigenvalue weighted by atomic mass is 10.3. The predicted octanol–water partition coefficient (Wildman–Crippen LogP) is 1.51. The lowest BCUT2D eigenvalue weighted by Gasteiger charge is -2.15. The first-order chi connectivity index (χ1) is 13.1. The van der Waals surface area contributed by atoms with Crippen LogP contribution in [0.15, 0.2) is 53.4 Å². The Bertz CT molecular complexity index is 1120. The molecular formula is C17H17N3O6S2. The first-order valence-corrected chi connectivity index (χ1v) is 11.2. The average molecular weight is 423 g/mol. The van der Waals surface area contributed by atoms with E-state index in [2.05, 4.69) is 10.0 Å². The maximum atomic E-state index is 12.5. The van der Waals surface area contributed by atoms with Gasteiger partial charge in [0.05, 0.1) is 16.3 Å². The van der Waals surface area contributed by atoms with Gasteiger partial charge in [-0.15, -0.1) is 0 Å². The second-order valence-electron chi connectivity index (χ2n) is 6.08. The molecule has 0 unspecified atom stereocenters.